The maximum Gasteiger partial charge on any atom is 0.158 e. The molecule has 3 nitrogen and oxygen atoms in total. The zero-order valence-corrected chi connectivity index (χ0v) is 7.00. The van der Waals surface area contributed by atoms with Crippen LogP contribution in [0.3, 0.4) is 0 Å². The molecule has 0 aliphatic rings. The van der Waals surface area contributed by atoms with Crippen molar-refractivity contribution < 1.29 is 15.0 Å². The van der Waals surface area contributed by atoms with Crippen LogP contribution in [-0.4, -0.2) is 16.5 Å². The lowest BCUT2D eigenvalue weighted by Crippen LogP contribution is -1.81. The number of rotatable bonds is 1. The Morgan fingerprint density at radius 2 is 1.82 bits per heavy atom. The number of carbonyl (C=O) groups is 1. The monoisotopic (exact) mass is 216 g/mol. The highest BCUT2D eigenvalue weighted by atomic mass is 79.9. The van der Waals surface area contributed by atoms with Gasteiger partial charge in [0.2, 0.25) is 0 Å². The SMILES string of the molecule is O=Cc1cc(O)c(O)cc1Br. The van der Waals surface area contributed by atoms with Crippen molar-refractivity contribution in [1.82, 2.24) is 0 Å². The topological polar surface area (TPSA) is 57.5 Å². The summed E-state index contributed by atoms with van der Waals surface area (Å²) in [5, 5.41) is 17.9. The van der Waals surface area contributed by atoms with Gasteiger partial charge in [0.05, 0.1) is 0 Å². The third kappa shape index (κ3) is 1.51. The van der Waals surface area contributed by atoms with Crippen molar-refractivity contribution in [3.05, 3.63) is 22.2 Å². The Kier molecular flexibility index (Phi) is 2.14. The zero-order valence-electron chi connectivity index (χ0n) is 5.41. The smallest absolute Gasteiger partial charge is 0.158 e. The van der Waals surface area contributed by atoms with Crippen molar-refractivity contribution in [1.29, 1.82) is 0 Å². The molecule has 1 aromatic rings. The van der Waals surface area contributed by atoms with Gasteiger partial charge in [0.25, 0.3) is 0 Å². The number of hydrogen-bond acceptors (Lipinski definition) is 3. The van der Waals surface area contributed by atoms with Crippen molar-refractivity contribution in [3.63, 3.8) is 0 Å². The van der Waals surface area contributed by atoms with Gasteiger partial charge in [-0.1, -0.05) is 0 Å². The predicted molar refractivity (Wildman–Crippen MR) is 42.9 cm³/mol. The van der Waals surface area contributed by atoms with Crippen LogP contribution in [0.1, 0.15) is 10.4 Å². The van der Waals surface area contributed by atoms with Gasteiger partial charge in [-0.2, -0.15) is 0 Å². The molecule has 0 aliphatic heterocycles. The second kappa shape index (κ2) is 2.92. The fourth-order valence-electron chi connectivity index (χ4n) is 0.658. The van der Waals surface area contributed by atoms with Gasteiger partial charge in [0.15, 0.2) is 17.8 Å². The molecule has 0 radical (unpaired) electrons. The van der Waals surface area contributed by atoms with Crippen molar-refractivity contribution in [2.75, 3.05) is 0 Å². The maximum atomic E-state index is 10.3. The number of halogens is 1. The number of aldehydes is 1. The molecule has 4 heteroatoms. The summed E-state index contributed by atoms with van der Waals surface area (Å²) in [4.78, 5) is 10.3. The van der Waals surface area contributed by atoms with E-state index in [2.05, 4.69) is 15.9 Å². The van der Waals surface area contributed by atoms with Gasteiger partial charge in [0, 0.05) is 10.0 Å². The van der Waals surface area contributed by atoms with E-state index in [1.807, 2.05) is 0 Å². The molecule has 0 amide bonds. The van der Waals surface area contributed by atoms with Crippen LogP contribution in [0.4, 0.5) is 0 Å². The molecule has 0 atom stereocenters. The molecule has 0 bridgehead atoms. The molecule has 0 saturated heterocycles. The molecule has 0 aliphatic carbocycles. The molecule has 1 aromatic carbocycles. The number of benzene rings is 1. The minimum absolute atomic E-state index is 0.248. The molecular formula is C7H5BrO3. The van der Waals surface area contributed by atoms with Crippen molar-refractivity contribution in [2.24, 2.45) is 0 Å². The lowest BCUT2D eigenvalue weighted by atomic mass is 10.2. The Bertz CT molecular complexity index is 296. The van der Waals surface area contributed by atoms with Crippen LogP contribution in [0.5, 0.6) is 11.5 Å². The van der Waals surface area contributed by atoms with Crippen molar-refractivity contribution >= 4 is 22.2 Å². The van der Waals surface area contributed by atoms with Crippen LogP contribution in [0, 0.1) is 0 Å². The lowest BCUT2D eigenvalue weighted by Gasteiger charge is -1.99. The number of phenolic OH excluding ortho intramolecular Hbond substituents is 2. The van der Waals surface area contributed by atoms with Crippen LogP contribution in [0.2, 0.25) is 0 Å². The standard InChI is InChI=1S/C7H5BrO3/c8-5-2-7(11)6(10)1-4(5)3-9/h1-3,10-11H. The summed E-state index contributed by atoms with van der Waals surface area (Å²) in [6, 6.07) is 2.45. The van der Waals surface area contributed by atoms with Gasteiger partial charge in [0.1, 0.15) is 0 Å². The summed E-state index contributed by atoms with van der Waals surface area (Å²) >= 11 is 3.04. The van der Waals surface area contributed by atoms with E-state index < -0.39 is 0 Å². The van der Waals surface area contributed by atoms with E-state index in [0.29, 0.717) is 16.3 Å². The average Bonchev–Trinajstić information content (AvgIpc) is 1.97. The Balaban J connectivity index is 3.31. The van der Waals surface area contributed by atoms with Gasteiger partial charge in [-0.05, 0) is 28.1 Å². The Hall–Kier alpha value is -1.03. The molecule has 11 heavy (non-hydrogen) atoms. The average molecular weight is 217 g/mol. The third-order valence-corrected chi connectivity index (χ3v) is 1.91. The summed E-state index contributed by atoms with van der Waals surface area (Å²) in [6.45, 7) is 0. The van der Waals surface area contributed by atoms with Gasteiger partial charge in [-0.3, -0.25) is 4.79 Å². The van der Waals surface area contributed by atoms with E-state index in [0.717, 1.165) is 0 Å². The van der Waals surface area contributed by atoms with E-state index in [9.17, 15) is 4.79 Å². The molecule has 1 rings (SSSR count). The largest absolute Gasteiger partial charge is 0.504 e. The van der Waals surface area contributed by atoms with Gasteiger partial charge in [-0.25, -0.2) is 0 Å². The minimum atomic E-state index is -0.296. The van der Waals surface area contributed by atoms with E-state index in [1.165, 1.54) is 12.1 Å². The molecule has 0 fully saturated rings. The third-order valence-electron chi connectivity index (χ3n) is 1.22. The van der Waals surface area contributed by atoms with Gasteiger partial charge >= 0.3 is 0 Å². The van der Waals surface area contributed by atoms with Crippen molar-refractivity contribution in [3.8, 4) is 11.5 Å². The predicted octanol–water partition coefficient (Wildman–Crippen LogP) is 1.67. The fourth-order valence-corrected chi connectivity index (χ4v) is 1.08. The first-order valence-corrected chi connectivity index (χ1v) is 3.61. The highest BCUT2D eigenvalue weighted by Gasteiger charge is 2.04. The summed E-state index contributed by atoms with van der Waals surface area (Å²) in [5.74, 6) is -0.544. The second-order valence-electron chi connectivity index (χ2n) is 1.98. The van der Waals surface area contributed by atoms with Crippen LogP contribution in [0.25, 0.3) is 0 Å². The van der Waals surface area contributed by atoms with E-state index >= 15 is 0 Å². The van der Waals surface area contributed by atoms with Crippen LogP contribution < -0.4 is 0 Å². The van der Waals surface area contributed by atoms with E-state index in [1.54, 1.807) is 0 Å². The first-order valence-electron chi connectivity index (χ1n) is 2.82. The van der Waals surface area contributed by atoms with Gasteiger partial charge in [-0.15, -0.1) is 0 Å². The van der Waals surface area contributed by atoms with Crippen LogP contribution in [0.15, 0.2) is 16.6 Å². The molecule has 0 unspecified atom stereocenters. The highest BCUT2D eigenvalue weighted by Crippen LogP contribution is 2.30. The quantitative estimate of drug-likeness (QED) is 0.555. The zero-order chi connectivity index (χ0) is 8.43. The first-order chi connectivity index (χ1) is 5.15. The lowest BCUT2D eigenvalue weighted by molar-refractivity contribution is 0.112. The molecule has 2 N–H and O–H groups in total. The van der Waals surface area contributed by atoms with Gasteiger partial charge < -0.3 is 10.2 Å². The Labute approximate surface area is 71.4 Å². The molecule has 0 spiro atoms. The summed E-state index contributed by atoms with van der Waals surface area (Å²) in [6.07, 6.45) is 0.587. The summed E-state index contributed by atoms with van der Waals surface area (Å²) in [5.41, 5.74) is 0.306. The molecular weight excluding hydrogens is 212 g/mol. The Morgan fingerprint density at radius 3 is 2.36 bits per heavy atom. The van der Waals surface area contributed by atoms with Crippen LogP contribution >= 0.6 is 15.9 Å². The molecule has 0 heterocycles. The minimum Gasteiger partial charge on any atom is -0.504 e. The van der Waals surface area contributed by atoms with E-state index in [-0.39, 0.29) is 11.5 Å². The molecule has 0 aromatic heterocycles. The van der Waals surface area contributed by atoms with E-state index in [4.69, 9.17) is 10.2 Å². The number of aromatic hydroxyl groups is 2. The Morgan fingerprint density at radius 1 is 1.27 bits per heavy atom. The van der Waals surface area contributed by atoms with Crippen molar-refractivity contribution in [2.45, 2.75) is 0 Å². The second-order valence-corrected chi connectivity index (χ2v) is 2.83. The molecule has 0 saturated carbocycles. The fraction of sp³-hybridized carbons (Fsp3) is 0. The maximum absolute atomic E-state index is 10.3. The number of hydrogen-bond donors (Lipinski definition) is 2. The number of phenols is 2. The first kappa shape index (κ1) is 8.07. The summed E-state index contributed by atoms with van der Waals surface area (Å²) < 4.78 is 0.461. The summed E-state index contributed by atoms with van der Waals surface area (Å²) in [7, 11) is 0. The normalized spacial score (nSPS) is 9.55. The number of carbonyl (C=O) groups excluding carboxylic acids is 1. The highest BCUT2D eigenvalue weighted by molar-refractivity contribution is 9.10. The molecule has 58 valence electrons. The van der Waals surface area contributed by atoms with Crippen LogP contribution in [-0.2, 0) is 0 Å².